The number of hydrogen-bond acceptors (Lipinski definition) is 3. The number of aryl methyl sites for hydroxylation is 2. The molecule has 0 spiro atoms. The van der Waals surface area contributed by atoms with Gasteiger partial charge in [0.05, 0.1) is 14.2 Å². The number of likely N-dealkylation sites (tertiary alicyclic amines) is 1. The van der Waals surface area contributed by atoms with E-state index in [-0.39, 0.29) is 0 Å². The molecule has 3 nitrogen and oxygen atoms in total. The molecule has 3 heteroatoms. The van der Waals surface area contributed by atoms with Gasteiger partial charge in [0.25, 0.3) is 0 Å². The number of ether oxygens (including phenoxy) is 2. The summed E-state index contributed by atoms with van der Waals surface area (Å²) in [6, 6.07) is 17.8. The molecule has 1 aliphatic heterocycles. The van der Waals surface area contributed by atoms with Crippen molar-refractivity contribution >= 4 is 0 Å². The number of hydrogen-bond donors (Lipinski definition) is 0. The maximum Gasteiger partial charge on any atom is 0.118 e. The van der Waals surface area contributed by atoms with Gasteiger partial charge in [-0.2, -0.15) is 0 Å². The smallest absolute Gasteiger partial charge is 0.118 e. The van der Waals surface area contributed by atoms with Crippen LogP contribution in [0.1, 0.15) is 43.7 Å². The van der Waals surface area contributed by atoms with Gasteiger partial charge in [-0.25, -0.2) is 0 Å². The minimum Gasteiger partial charge on any atom is -0.497 e. The Bertz CT molecular complexity index is 695. The quantitative estimate of drug-likeness (QED) is 0.583. The molecule has 2 aromatic rings. The van der Waals surface area contributed by atoms with Gasteiger partial charge in [-0.3, -0.25) is 0 Å². The lowest BCUT2D eigenvalue weighted by Crippen LogP contribution is -2.42. The summed E-state index contributed by atoms with van der Waals surface area (Å²) in [7, 11) is 3.45. The van der Waals surface area contributed by atoms with Crippen molar-refractivity contribution in [3.05, 3.63) is 59.7 Å². The first-order chi connectivity index (χ1) is 13.7. The normalized spacial score (nSPS) is 20.1. The molecule has 2 atom stereocenters. The zero-order valence-corrected chi connectivity index (χ0v) is 17.7. The van der Waals surface area contributed by atoms with Crippen LogP contribution < -0.4 is 9.47 Å². The predicted molar refractivity (Wildman–Crippen MR) is 116 cm³/mol. The van der Waals surface area contributed by atoms with Gasteiger partial charge in [-0.05, 0) is 92.9 Å². The van der Waals surface area contributed by atoms with Crippen LogP contribution in [0.5, 0.6) is 11.5 Å². The standard InChI is InChI=1S/C25H35NO2/c1-4-26-18-17-22(6-5-20-8-13-24(27-2)14-9-20)19-23(26)12-7-21-10-15-25(28-3)16-11-21/h8-11,13-16,22-23H,4-7,12,17-19H2,1-3H3. The van der Waals surface area contributed by atoms with Gasteiger partial charge in [0.15, 0.2) is 0 Å². The maximum absolute atomic E-state index is 5.27. The zero-order valence-electron chi connectivity index (χ0n) is 17.7. The van der Waals surface area contributed by atoms with Gasteiger partial charge in [0.1, 0.15) is 11.5 Å². The summed E-state index contributed by atoms with van der Waals surface area (Å²) < 4.78 is 10.5. The average Bonchev–Trinajstić information content (AvgIpc) is 2.77. The van der Waals surface area contributed by atoms with Crippen molar-refractivity contribution in [2.24, 2.45) is 5.92 Å². The molecule has 28 heavy (non-hydrogen) atoms. The summed E-state index contributed by atoms with van der Waals surface area (Å²) in [4.78, 5) is 2.69. The van der Waals surface area contributed by atoms with Crippen LogP contribution in [0.4, 0.5) is 0 Å². The summed E-state index contributed by atoms with van der Waals surface area (Å²) >= 11 is 0. The van der Waals surface area contributed by atoms with Crippen molar-refractivity contribution < 1.29 is 9.47 Å². The zero-order chi connectivity index (χ0) is 19.8. The first-order valence-electron chi connectivity index (χ1n) is 10.7. The van der Waals surface area contributed by atoms with Crippen LogP contribution in [0.25, 0.3) is 0 Å². The van der Waals surface area contributed by atoms with E-state index in [2.05, 4.69) is 60.4 Å². The van der Waals surface area contributed by atoms with Gasteiger partial charge in [0, 0.05) is 6.04 Å². The van der Waals surface area contributed by atoms with Crippen molar-refractivity contribution in [2.45, 2.75) is 51.5 Å². The Hall–Kier alpha value is -2.00. The molecule has 0 amide bonds. The highest BCUT2D eigenvalue weighted by Crippen LogP contribution is 2.29. The fourth-order valence-corrected chi connectivity index (χ4v) is 4.45. The number of piperidine rings is 1. The van der Waals surface area contributed by atoms with Gasteiger partial charge < -0.3 is 14.4 Å². The molecule has 0 aromatic heterocycles. The highest BCUT2D eigenvalue weighted by atomic mass is 16.5. The molecule has 0 bridgehead atoms. The summed E-state index contributed by atoms with van der Waals surface area (Å²) in [5.41, 5.74) is 2.84. The molecule has 0 radical (unpaired) electrons. The minimum atomic E-state index is 0.710. The number of benzene rings is 2. The van der Waals surface area contributed by atoms with Crippen LogP contribution in [0.3, 0.4) is 0 Å². The number of methoxy groups -OCH3 is 2. The van der Waals surface area contributed by atoms with Crippen molar-refractivity contribution in [1.29, 1.82) is 0 Å². The minimum absolute atomic E-state index is 0.710. The lowest BCUT2D eigenvalue weighted by Gasteiger charge is -2.39. The van der Waals surface area contributed by atoms with Gasteiger partial charge in [-0.1, -0.05) is 31.2 Å². The van der Waals surface area contributed by atoms with Gasteiger partial charge in [-0.15, -0.1) is 0 Å². The third-order valence-corrected chi connectivity index (χ3v) is 6.28. The van der Waals surface area contributed by atoms with E-state index in [1.54, 1.807) is 14.2 Å². The summed E-state index contributed by atoms with van der Waals surface area (Å²) in [5.74, 6) is 2.72. The Morgan fingerprint density at radius 3 is 1.86 bits per heavy atom. The molecule has 0 saturated carbocycles. The lowest BCUT2D eigenvalue weighted by molar-refractivity contribution is 0.108. The first kappa shape index (κ1) is 20.7. The monoisotopic (exact) mass is 381 g/mol. The summed E-state index contributed by atoms with van der Waals surface area (Å²) in [6.45, 7) is 4.72. The van der Waals surface area contributed by atoms with E-state index in [1.807, 2.05) is 0 Å². The molecule has 1 heterocycles. The number of rotatable bonds is 9. The summed E-state index contributed by atoms with van der Waals surface area (Å²) in [5, 5.41) is 0. The van der Waals surface area contributed by atoms with Gasteiger partial charge >= 0.3 is 0 Å². The van der Waals surface area contributed by atoms with Crippen LogP contribution in [0.2, 0.25) is 0 Å². The Morgan fingerprint density at radius 2 is 1.36 bits per heavy atom. The Balaban J connectivity index is 1.50. The topological polar surface area (TPSA) is 21.7 Å². The van der Waals surface area contributed by atoms with Crippen molar-refractivity contribution in [2.75, 3.05) is 27.3 Å². The molecule has 0 N–H and O–H groups in total. The molecule has 1 aliphatic rings. The Kier molecular flexibility index (Phi) is 7.79. The average molecular weight is 382 g/mol. The molecule has 2 aromatic carbocycles. The molecule has 3 rings (SSSR count). The second-order valence-corrected chi connectivity index (χ2v) is 7.95. The van der Waals surface area contributed by atoms with Crippen molar-refractivity contribution in [3.8, 4) is 11.5 Å². The lowest BCUT2D eigenvalue weighted by atomic mass is 9.84. The van der Waals surface area contributed by atoms with E-state index < -0.39 is 0 Å². The fourth-order valence-electron chi connectivity index (χ4n) is 4.45. The molecular formula is C25H35NO2. The van der Waals surface area contributed by atoms with E-state index in [1.165, 1.54) is 56.3 Å². The molecule has 152 valence electrons. The van der Waals surface area contributed by atoms with E-state index in [4.69, 9.17) is 9.47 Å². The third kappa shape index (κ3) is 5.75. The van der Waals surface area contributed by atoms with E-state index in [0.717, 1.165) is 23.8 Å². The van der Waals surface area contributed by atoms with E-state index in [9.17, 15) is 0 Å². The third-order valence-electron chi connectivity index (χ3n) is 6.28. The van der Waals surface area contributed by atoms with E-state index in [0.29, 0.717) is 6.04 Å². The predicted octanol–water partition coefficient (Wildman–Crippen LogP) is 5.37. The molecule has 1 saturated heterocycles. The molecule has 1 fully saturated rings. The fraction of sp³-hybridized carbons (Fsp3) is 0.520. The van der Waals surface area contributed by atoms with Crippen molar-refractivity contribution in [1.82, 2.24) is 4.90 Å². The molecule has 2 unspecified atom stereocenters. The highest BCUT2D eigenvalue weighted by molar-refractivity contribution is 5.28. The van der Waals surface area contributed by atoms with Crippen LogP contribution >= 0.6 is 0 Å². The highest BCUT2D eigenvalue weighted by Gasteiger charge is 2.27. The molecular weight excluding hydrogens is 346 g/mol. The van der Waals surface area contributed by atoms with Crippen LogP contribution in [0, 0.1) is 5.92 Å². The number of nitrogens with zero attached hydrogens (tertiary/aromatic N) is 1. The SMILES string of the molecule is CCN1CCC(CCc2ccc(OC)cc2)CC1CCc1ccc(OC)cc1. The maximum atomic E-state index is 5.27. The van der Waals surface area contributed by atoms with Crippen LogP contribution in [-0.4, -0.2) is 38.3 Å². The molecule has 0 aliphatic carbocycles. The van der Waals surface area contributed by atoms with Crippen molar-refractivity contribution in [3.63, 3.8) is 0 Å². The van der Waals surface area contributed by atoms with E-state index >= 15 is 0 Å². The first-order valence-corrected chi connectivity index (χ1v) is 10.7. The Morgan fingerprint density at radius 1 is 0.821 bits per heavy atom. The van der Waals surface area contributed by atoms with Crippen LogP contribution in [0.15, 0.2) is 48.5 Å². The van der Waals surface area contributed by atoms with Crippen LogP contribution in [-0.2, 0) is 12.8 Å². The largest absolute Gasteiger partial charge is 0.497 e. The Labute approximate surface area is 170 Å². The van der Waals surface area contributed by atoms with Gasteiger partial charge in [0.2, 0.25) is 0 Å². The second kappa shape index (κ2) is 10.5. The second-order valence-electron chi connectivity index (χ2n) is 7.95. The summed E-state index contributed by atoms with van der Waals surface area (Å²) in [6.07, 6.45) is 7.54.